The van der Waals surface area contributed by atoms with Gasteiger partial charge in [0, 0.05) is 10.5 Å². The number of rotatable bonds is 3. The molecular weight excluding hydrogens is 318 g/mol. The molecule has 0 amide bonds. The molecule has 7 heteroatoms. The van der Waals surface area contributed by atoms with Crippen LogP contribution in [0.5, 0.6) is 11.5 Å². The number of nitro benzene ring substituents is 1. The predicted octanol–water partition coefficient (Wildman–Crippen LogP) is 3.64. The number of phenolic OH excluding ortho intramolecular Hbond substituents is 1. The van der Waals surface area contributed by atoms with E-state index in [1.807, 2.05) is 12.1 Å². The molecule has 0 fully saturated rings. The molecular formula is C16H11NO5S. The number of benzene rings is 2. The quantitative estimate of drug-likeness (QED) is 0.525. The number of carbonyl (C=O) groups is 1. The number of hydrogen-bond donors (Lipinski definition) is 1. The second-order valence-electron chi connectivity index (χ2n) is 4.78. The van der Waals surface area contributed by atoms with E-state index in [0.29, 0.717) is 10.5 Å². The first-order valence-corrected chi connectivity index (χ1v) is 7.41. The van der Waals surface area contributed by atoms with Gasteiger partial charge in [-0.05, 0) is 24.3 Å². The van der Waals surface area contributed by atoms with Crippen LogP contribution in [0.25, 0.3) is 6.08 Å². The van der Waals surface area contributed by atoms with Crippen molar-refractivity contribution in [2.24, 2.45) is 0 Å². The second kappa shape index (κ2) is 5.77. The molecule has 116 valence electrons. The van der Waals surface area contributed by atoms with Crippen LogP contribution >= 0.6 is 11.8 Å². The van der Waals surface area contributed by atoms with Gasteiger partial charge in [0.15, 0.2) is 11.5 Å². The van der Waals surface area contributed by atoms with Crippen molar-refractivity contribution in [3.63, 3.8) is 0 Å². The van der Waals surface area contributed by atoms with E-state index >= 15 is 0 Å². The molecule has 0 spiro atoms. The first kappa shape index (κ1) is 15.1. The zero-order chi connectivity index (χ0) is 16.6. The summed E-state index contributed by atoms with van der Waals surface area (Å²) in [6.45, 7) is 0. The number of methoxy groups -OCH3 is 1. The predicted molar refractivity (Wildman–Crippen MR) is 85.9 cm³/mol. The Bertz CT molecular complexity index is 860. The van der Waals surface area contributed by atoms with Gasteiger partial charge in [-0.15, -0.1) is 0 Å². The molecule has 0 atom stereocenters. The molecule has 2 aromatic rings. The molecule has 0 bridgehead atoms. The standard InChI is InChI=1S/C16H11NO5S/c1-22-13-6-9(11(17(20)21)8-12(13)18)7-15-16(19)10-4-2-3-5-14(10)23-15/h2-8,18H,1H3/b15-7-. The van der Waals surface area contributed by atoms with E-state index in [2.05, 4.69) is 0 Å². The molecule has 6 nitrogen and oxygen atoms in total. The molecule has 0 saturated heterocycles. The van der Waals surface area contributed by atoms with Crippen molar-refractivity contribution in [2.75, 3.05) is 7.11 Å². The summed E-state index contributed by atoms with van der Waals surface area (Å²) in [4.78, 5) is 24.1. The van der Waals surface area contributed by atoms with Gasteiger partial charge in [0.1, 0.15) is 0 Å². The van der Waals surface area contributed by atoms with Crippen molar-refractivity contribution >= 4 is 29.3 Å². The lowest BCUT2D eigenvalue weighted by Gasteiger charge is -2.06. The van der Waals surface area contributed by atoms with E-state index in [4.69, 9.17) is 4.74 Å². The summed E-state index contributed by atoms with van der Waals surface area (Å²) in [5, 5.41) is 20.9. The minimum absolute atomic E-state index is 0.107. The van der Waals surface area contributed by atoms with Crippen molar-refractivity contribution in [1.82, 2.24) is 0 Å². The van der Waals surface area contributed by atoms with Gasteiger partial charge >= 0.3 is 0 Å². The number of aromatic hydroxyl groups is 1. The van der Waals surface area contributed by atoms with Gasteiger partial charge in [-0.2, -0.15) is 0 Å². The molecule has 1 N–H and O–H groups in total. The van der Waals surface area contributed by atoms with Crippen LogP contribution in [0.3, 0.4) is 0 Å². The van der Waals surface area contributed by atoms with Gasteiger partial charge in [0.2, 0.25) is 5.78 Å². The highest BCUT2D eigenvalue weighted by Crippen LogP contribution is 2.42. The SMILES string of the molecule is COc1cc(/C=C2\Sc3ccccc3C2=O)c([N+](=O)[O-])cc1O. The number of hydrogen-bond acceptors (Lipinski definition) is 6. The molecule has 23 heavy (non-hydrogen) atoms. The third-order valence-electron chi connectivity index (χ3n) is 3.39. The molecule has 1 aliphatic heterocycles. The zero-order valence-corrected chi connectivity index (χ0v) is 12.8. The van der Waals surface area contributed by atoms with Crippen molar-refractivity contribution in [2.45, 2.75) is 4.90 Å². The minimum atomic E-state index is -0.608. The Balaban J connectivity index is 2.10. The van der Waals surface area contributed by atoms with Crippen molar-refractivity contribution in [1.29, 1.82) is 0 Å². The molecule has 1 heterocycles. The maximum atomic E-state index is 12.4. The minimum Gasteiger partial charge on any atom is -0.504 e. The van der Waals surface area contributed by atoms with Crippen LogP contribution in [0.4, 0.5) is 5.69 Å². The van der Waals surface area contributed by atoms with E-state index in [9.17, 15) is 20.0 Å². The lowest BCUT2D eigenvalue weighted by molar-refractivity contribution is -0.385. The average Bonchev–Trinajstić information content (AvgIpc) is 2.85. The summed E-state index contributed by atoms with van der Waals surface area (Å²) in [7, 11) is 1.35. The van der Waals surface area contributed by atoms with Crippen LogP contribution in [-0.4, -0.2) is 22.9 Å². The zero-order valence-electron chi connectivity index (χ0n) is 12.0. The van der Waals surface area contributed by atoms with E-state index in [1.165, 1.54) is 31.0 Å². The van der Waals surface area contributed by atoms with Crippen LogP contribution in [0.1, 0.15) is 15.9 Å². The highest BCUT2D eigenvalue weighted by molar-refractivity contribution is 8.04. The fraction of sp³-hybridized carbons (Fsp3) is 0.0625. The van der Waals surface area contributed by atoms with E-state index < -0.39 is 4.92 Å². The van der Waals surface area contributed by atoms with E-state index in [1.54, 1.807) is 12.1 Å². The first-order valence-electron chi connectivity index (χ1n) is 6.60. The Morgan fingerprint density at radius 3 is 2.70 bits per heavy atom. The smallest absolute Gasteiger partial charge is 0.280 e. The number of fused-ring (bicyclic) bond motifs is 1. The number of phenols is 1. The number of nitrogens with zero attached hydrogens (tertiary/aromatic N) is 1. The Kier molecular flexibility index (Phi) is 3.79. The van der Waals surface area contributed by atoms with Crippen LogP contribution in [0.15, 0.2) is 46.2 Å². The molecule has 0 unspecified atom stereocenters. The van der Waals surface area contributed by atoms with Gasteiger partial charge in [-0.3, -0.25) is 14.9 Å². The van der Waals surface area contributed by atoms with Crippen LogP contribution < -0.4 is 4.74 Å². The van der Waals surface area contributed by atoms with Crippen LogP contribution in [0, 0.1) is 10.1 Å². The number of ketones is 1. The summed E-state index contributed by atoms with van der Waals surface area (Å²) in [6.07, 6.45) is 1.45. The number of thioether (sulfide) groups is 1. The molecule has 0 aromatic heterocycles. The topological polar surface area (TPSA) is 89.7 Å². The fourth-order valence-corrected chi connectivity index (χ4v) is 3.33. The van der Waals surface area contributed by atoms with Gasteiger partial charge < -0.3 is 9.84 Å². The number of nitro groups is 1. The molecule has 0 saturated carbocycles. The molecule has 1 aliphatic rings. The van der Waals surface area contributed by atoms with Gasteiger partial charge in [-0.1, -0.05) is 23.9 Å². The number of ether oxygens (including phenoxy) is 1. The summed E-state index contributed by atoms with van der Waals surface area (Å²) in [5.41, 5.74) is 0.491. The maximum absolute atomic E-state index is 12.4. The van der Waals surface area contributed by atoms with E-state index in [-0.39, 0.29) is 28.5 Å². The lowest BCUT2D eigenvalue weighted by Crippen LogP contribution is -1.97. The maximum Gasteiger partial charge on any atom is 0.280 e. The number of carbonyl (C=O) groups excluding carboxylic acids is 1. The Labute approximate surface area is 135 Å². The first-order chi connectivity index (χ1) is 11.0. The van der Waals surface area contributed by atoms with Crippen LogP contribution in [0.2, 0.25) is 0 Å². The summed E-state index contributed by atoms with van der Waals surface area (Å²) < 4.78 is 4.98. The van der Waals surface area contributed by atoms with Crippen LogP contribution in [-0.2, 0) is 0 Å². The summed E-state index contributed by atoms with van der Waals surface area (Å²) in [5.74, 6) is -0.391. The summed E-state index contributed by atoms with van der Waals surface area (Å²) in [6, 6.07) is 9.50. The highest BCUT2D eigenvalue weighted by Gasteiger charge is 2.27. The Hall–Kier alpha value is -2.80. The largest absolute Gasteiger partial charge is 0.504 e. The number of allylic oxidation sites excluding steroid dienone is 1. The van der Waals surface area contributed by atoms with Gasteiger partial charge in [-0.25, -0.2) is 0 Å². The average molecular weight is 329 g/mol. The normalized spacial score (nSPS) is 14.8. The molecule has 3 rings (SSSR count). The fourth-order valence-electron chi connectivity index (χ4n) is 2.29. The molecule has 2 aromatic carbocycles. The van der Waals surface area contributed by atoms with Crippen molar-refractivity contribution in [3.8, 4) is 11.5 Å². The van der Waals surface area contributed by atoms with E-state index in [0.717, 1.165) is 11.0 Å². The Morgan fingerprint density at radius 2 is 2.04 bits per heavy atom. The number of Topliss-reactive ketones (excluding diaryl/α,β-unsaturated/α-hetero) is 1. The third kappa shape index (κ3) is 2.66. The molecule has 0 radical (unpaired) electrons. The van der Waals surface area contributed by atoms with Crippen molar-refractivity contribution < 1.29 is 19.6 Å². The Morgan fingerprint density at radius 1 is 1.30 bits per heavy atom. The third-order valence-corrected chi connectivity index (χ3v) is 4.49. The van der Waals surface area contributed by atoms with Gasteiger partial charge in [0.25, 0.3) is 5.69 Å². The van der Waals surface area contributed by atoms with Crippen molar-refractivity contribution in [3.05, 3.63) is 62.5 Å². The monoisotopic (exact) mass is 329 g/mol. The molecule has 0 aliphatic carbocycles. The van der Waals surface area contributed by atoms with Gasteiger partial charge in [0.05, 0.1) is 28.6 Å². The summed E-state index contributed by atoms with van der Waals surface area (Å²) >= 11 is 1.26. The highest BCUT2D eigenvalue weighted by atomic mass is 32.2. The second-order valence-corrected chi connectivity index (χ2v) is 5.86. The lowest BCUT2D eigenvalue weighted by atomic mass is 10.1.